The second-order valence-electron chi connectivity index (χ2n) is 10.9. The minimum absolute atomic E-state index is 0.0611. The van der Waals surface area contributed by atoms with Gasteiger partial charge in [0.1, 0.15) is 29.2 Å². The van der Waals surface area contributed by atoms with E-state index in [2.05, 4.69) is 26.5 Å². The average molecular weight is 586 g/mol. The quantitative estimate of drug-likeness (QED) is 0.268. The van der Waals surface area contributed by atoms with Crippen LogP contribution in [-0.2, 0) is 4.79 Å². The molecule has 5 aromatic rings. The number of anilines is 1. The Hall–Kier alpha value is -5.00. The third kappa shape index (κ3) is 4.62. The summed E-state index contributed by atoms with van der Waals surface area (Å²) in [4.78, 5) is 47.6. The van der Waals surface area contributed by atoms with Crippen LogP contribution in [0.15, 0.2) is 58.7 Å². The van der Waals surface area contributed by atoms with Crippen molar-refractivity contribution < 1.29 is 18.0 Å². The Morgan fingerprint density at radius 2 is 1.93 bits per heavy atom. The SMILES string of the molecule is C=CC(=O)N1CCN(c2nc(=O)n(-c3c(C)ncnc3C(C)C)c3nc(-c4c(F)ccc5ccoc45)c(F)cc23)[C@@H](C)C1. The zero-order chi connectivity index (χ0) is 30.6. The molecular weight excluding hydrogens is 556 g/mol. The molecule has 1 fully saturated rings. The fourth-order valence-electron chi connectivity index (χ4n) is 5.72. The van der Waals surface area contributed by atoms with Gasteiger partial charge in [0.25, 0.3) is 0 Å². The fourth-order valence-corrected chi connectivity index (χ4v) is 5.72. The highest BCUT2D eigenvalue weighted by molar-refractivity contribution is 5.95. The number of rotatable bonds is 5. The molecule has 0 unspecified atom stereocenters. The number of carbonyl (C=O) groups excluding carboxylic acids is 1. The number of furan rings is 1. The summed E-state index contributed by atoms with van der Waals surface area (Å²) in [6.07, 6.45) is 4.07. The van der Waals surface area contributed by atoms with E-state index in [0.29, 0.717) is 42.1 Å². The Labute approximate surface area is 245 Å². The zero-order valence-electron chi connectivity index (χ0n) is 24.1. The molecule has 1 aromatic carbocycles. The van der Waals surface area contributed by atoms with Crippen molar-refractivity contribution in [2.45, 2.75) is 39.7 Å². The number of amides is 1. The van der Waals surface area contributed by atoms with Crippen LogP contribution in [-0.4, -0.2) is 61.0 Å². The topological polar surface area (TPSA) is 110 Å². The number of halogens is 2. The van der Waals surface area contributed by atoms with Gasteiger partial charge in [-0.05, 0) is 50.1 Å². The molecule has 0 aliphatic carbocycles. The maximum Gasteiger partial charge on any atom is 0.355 e. The molecule has 0 N–H and O–H groups in total. The van der Waals surface area contributed by atoms with Gasteiger partial charge in [0.15, 0.2) is 11.5 Å². The van der Waals surface area contributed by atoms with Crippen LogP contribution in [0, 0.1) is 18.6 Å². The van der Waals surface area contributed by atoms with Gasteiger partial charge in [0.05, 0.1) is 34.3 Å². The van der Waals surface area contributed by atoms with Crippen LogP contribution in [0.1, 0.15) is 38.1 Å². The average Bonchev–Trinajstić information content (AvgIpc) is 3.46. The third-order valence-corrected chi connectivity index (χ3v) is 7.80. The maximum atomic E-state index is 16.1. The molecule has 6 rings (SSSR count). The van der Waals surface area contributed by atoms with E-state index in [-0.39, 0.29) is 51.6 Å². The smallest absolute Gasteiger partial charge is 0.355 e. The predicted octanol–water partition coefficient (Wildman–Crippen LogP) is 4.92. The van der Waals surface area contributed by atoms with Crippen LogP contribution in [0.25, 0.3) is 38.9 Å². The zero-order valence-corrected chi connectivity index (χ0v) is 24.1. The molecule has 220 valence electrons. The molecule has 0 saturated carbocycles. The van der Waals surface area contributed by atoms with Crippen molar-refractivity contribution in [2.24, 2.45) is 0 Å². The van der Waals surface area contributed by atoms with Crippen molar-refractivity contribution >= 4 is 33.7 Å². The highest BCUT2D eigenvalue weighted by Gasteiger charge is 2.31. The van der Waals surface area contributed by atoms with Crippen LogP contribution in [0.2, 0.25) is 0 Å². The number of aryl methyl sites for hydroxylation is 1. The van der Waals surface area contributed by atoms with E-state index in [1.54, 1.807) is 17.9 Å². The van der Waals surface area contributed by atoms with Gasteiger partial charge in [-0.1, -0.05) is 20.4 Å². The molecule has 4 aromatic heterocycles. The third-order valence-electron chi connectivity index (χ3n) is 7.80. The number of hydrogen-bond acceptors (Lipinski definition) is 8. The lowest BCUT2D eigenvalue weighted by atomic mass is 10.1. The summed E-state index contributed by atoms with van der Waals surface area (Å²) in [6, 6.07) is 5.36. The van der Waals surface area contributed by atoms with Crippen molar-refractivity contribution in [3.63, 3.8) is 0 Å². The van der Waals surface area contributed by atoms with Crippen molar-refractivity contribution in [3.8, 4) is 16.9 Å². The second-order valence-corrected chi connectivity index (χ2v) is 10.9. The summed E-state index contributed by atoms with van der Waals surface area (Å²) in [5.41, 5.74) is 0.485. The number of aromatic nitrogens is 5. The highest BCUT2D eigenvalue weighted by atomic mass is 19.1. The molecule has 1 saturated heterocycles. The van der Waals surface area contributed by atoms with E-state index < -0.39 is 17.3 Å². The van der Waals surface area contributed by atoms with Crippen LogP contribution in [0.3, 0.4) is 0 Å². The molecule has 1 aliphatic heterocycles. The molecule has 0 radical (unpaired) electrons. The largest absolute Gasteiger partial charge is 0.464 e. The Kier molecular flexibility index (Phi) is 6.99. The Balaban J connectivity index is 1.67. The first-order valence-electron chi connectivity index (χ1n) is 13.9. The predicted molar refractivity (Wildman–Crippen MR) is 158 cm³/mol. The summed E-state index contributed by atoms with van der Waals surface area (Å²) < 4.78 is 38.3. The first kappa shape index (κ1) is 28.1. The summed E-state index contributed by atoms with van der Waals surface area (Å²) >= 11 is 0. The van der Waals surface area contributed by atoms with Crippen LogP contribution < -0.4 is 10.6 Å². The molecule has 43 heavy (non-hydrogen) atoms. The molecule has 10 nitrogen and oxygen atoms in total. The first-order valence-corrected chi connectivity index (χ1v) is 13.9. The van der Waals surface area contributed by atoms with Gasteiger partial charge in [0, 0.05) is 31.1 Å². The summed E-state index contributed by atoms with van der Waals surface area (Å²) in [5.74, 6) is -1.64. The lowest BCUT2D eigenvalue weighted by Crippen LogP contribution is -2.54. The van der Waals surface area contributed by atoms with Crippen LogP contribution in [0.5, 0.6) is 0 Å². The number of carbonyl (C=O) groups is 1. The molecule has 1 atom stereocenters. The number of benzene rings is 1. The normalized spacial score (nSPS) is 15.6. The lowest BCUT2D eigenvalue weighted by molar-refractivity contribution is -0.126. The second kappa shape index (κ2) is 10.7. The molecule has 1 aliphatic rings. The lowest BCUT2D eigenvalue weighted by Gasteiger charge is -2.40. The summed E-state index contributed by atoms with van der Waals surface area (Å²) in [7, 11) is 0. The minimum Gasteiger partial charge on any atom is -0.464 e. The molecule has 0 spiro atoms. The number of pyridine rings is 1. The van der Waals surface area contributed by atoms with Crippen molar-refractivity contribution in [1.82, 2.24) is 29.4 Å². The van der Waals surface area contributed by atoms with Gasteiger partial charge < -0.3 is 14.2 Å². The molecule has 0 bridgehead atoms. The summed E-state index contributed by atoms with van der Waals surface area (Å²) in [5, 5.41) is 0.807. The van der Waals surface area contributed by atoms with E-state index in [0.717, 1.165) is 0 Å². The van der Waals surface area contributed by atoms with Gasteiger partial charge in [-0.15, -0.1) is 0 Å². The highest BCUT2D eigenvalue weighted by Crippen LogP contribution is 2.36. The van der Waals surface area contributed by atoms with E-state index in [4.69, 9.17) is 4.42 Å². The Morgan fingerprint density at radius 3 is 2.65 bits per heavy atom. The standard InChI is InChI=1S/C31H29F2N7O3/c1-6-23(41)38-10-11-39(17(4)14-38)29-20-13-22(33)26(24-21(32)8-7-19-9-12-43-28(19)24)36-30(20)40(31(42)37-29)27-18(5)34-15-35-25(27)16(2)3/h6-9,12-13,15-17H,1,10-11,14H2,2-5H3/t17-/m0/s1. The molecular formula is C31H29F2N7O3. The van der Waals surface area contributed by atoms with Crippen molar-refractivity contribution in [2.75, 3.05) is 24.5 Å². The summed E-state index contributed by atoms with van der Waals surface area (Å²) in [6.45, 7) is 12.1. The van der Waals surface area contributed by atoms with Gasteiger partial charge in [-0.25, -0.2) is 33.1 Å². The minimum atomic E-state index is -0.818. The Bertz CT molecular complexity index is 1980. The number of fused-ring (bicyclic) bond motifs is 2. The fraction of sp³-hybridized carbons (Fsp3) is 0.290. The molecule has 5 heterocycles. The van der Waals surface area contributed by atoms with Crippen LogP contribution in [0.4, 0.5) is 14.6 Å². The molecule has 1 amide bonds. The van der Waals surface area contributed by atoms with E-state index in [1.165, 1.54) is 41.4 Å². The number of piperazine rings is 1. The van der Waals surface area contributed by atoms with Gasteiger partial charge in [0.2, 0.25) is 5.91 Å². The van der Waals surface area contributed by atoms with Crippen molar-refractivity contribution in [3.05, 3.63) is 83.0 Å². The van der Waals surface area contributed by atoms with Gasteiger partial charge in [-0.3, -0.25) is 4.79 Å². The number of nitrogens with zero attached hydrogens (tertiary/aromatic N) is 7. The van der Waals surface area contributed by atoms with E-state index in [1.807, 2.05) is 25.7 Å². The van der Waals surface area contributed by atoms with E-state index >= 15 is 8.78 Å². The number of hydrogen-bond donors (Lipinski definition) is 0. The first-order chi connectivity index (χ1) is 20.6. The van der Waals surface area contributed by atoms with Crippen molar-refractivity contribution in [1.29, 1.82) is 0 Å². The monoisotopic (exact) mass is 585 g/mol. The van der Waals surface area contributed by atoms with E-state index in [9.17, 15) is 9.59 Å². The van der Waals surface area contributed by atoms with Crippen LogP contribution >= 0.6 is 0 Å². The Morgan fingerprint density at radius 1 is 1.14 bits per heavy atom. The van der Waals surface area contributed by atoms with Gasteiger partial charge in [-0.2, -0.15) is 4.98 Å². The molecule has 12 heteroatoms. The van der Waals surface area contributed by atoms with Gasteiger partial charge >= 0.3 is 5.69 Å². The maximum absolute atomic E-state index is 16.1.